The van der Waals surface area contributed by atoms with E-state index in [1.165, 1.54) is 6.42 Å². The van der Waals surface area contributed by atoms with Crippen LogP contribution >= 0.6 is 11.6 Å². The first-order valence-corrected chi connectivity index (χ1v) is 7.65. The maximum absolute atomic E-state index is 6.15. The lowest BCUT2D eigenvalue weighted by molar-refractivity contribution is -0.0119. The molecule has 1 aliphatic heterocycles. The molecule has 20 heavy (non-hydrogen) atoms. The molecule has 1 aliphatic rings. The van der Waals surface area contributed by atoms with Crippen molar-refractivity contribution < 1.29 is 9.47 Å². The second-order valence-electron chi connectivity index (χ2n) is 5.45. The van der Waals surface area contributed by atoms with Crippen molar-refractivity contribution in [3.05, 3.63) is 22.8 Å². The van der Waals surface area contributed by atoms with Crippen molar-refractivity contribution in [3.8, 4) is 5.88 Å². The SMILES string of the molecule is CC(C)NCc1cc(OCC2CCCCO2)ncc1Cl. The van der Waals surface area contributed by atoms with Gasteiger partial charge in [-0.2, -0.15) is 0 Å². The van der Waals surface area contributed by atoms with Crippen LogP contribution in [0.25, 0.3) is 0 Å². The van der Waals surface area contributed by atoms with Gasteiger partial charge in [-0.1, -0.05) is 25.4 Å². The standard InChI is InChI=1S/C15H23ClN2O2/c1-11(2)17-8-12-7-15(18-9-14(12)16)20-10-13-5-3-4-6-19-13/h7,9,11,13,17H,3-6,8,10H2,1-2H3. The average molecular weight is 299 g/mol. The Morgan fingerprint density at radius 1 is 1.50 bits per heavy atom. The van der Waals surface area contributed by atoms with E-state index in [4.69, 9.17) is 21.1 Å². The van der Waals surface area contributed by atoms with Crippen LogP contribution < -0.4 is 10.1 Å². The molecular formula is C15H23ClN2O2. The summed E-state index contributed by atoms with van der Waals surface area (Å²) in [6.45, 7) is 6.33. The molecule has 1 atom stereocenters. The molecule has 1 N–H and O–H groups in total. The summed E-state index contributed by atoms with van der Waals surface area (Å²) < 4.78 is 11.4. The highest BCUT2D eigenvalue weighted by Crippen LogP contribution is 2.20. The normalized spacial score (nSPS) is 19.3. The Morgan fingerprint density at radius 3 is 3.05 bits per heavy atom. The van der Waals surface area contributed by atoms with Crippen LogP contribution in [0.1, 0.15) is 38.7 Å². The van der Waals surface area contributed by atoms with Crippen LogP contribution in [0.2, 0.25) is 5.02 Å². The summed E-state index contributed by atoms with van der Waals surface area (Å²) in [6.07, 6.45) is 5.27. The van der Waals surface area contributed by atoms with Gasteiger partial charge in [0.05, 0.1) is 11.1 Å². The summed E-state index contributed by atoms with van der Waals surface area (Å²) in [4.78, 5) is 4.21. The third-order valence-corrected chi connectivity index (χ3v) is 3.64. The molecule has 0 saturated carbocycles. The van der Waals surface area contributed by atoms with Gasteiger partial charge in [-0.05, 0) is 24.8 Å². The molecule has 1 aromatic rings. The van der Waals surface area contributed by atoms with Crippen molar-refractivity contribution in [2.24, 2.45) is 0 Å². The van der Waals surface area contributed by atoms with Gasteiger partial charge in [0.15, 0.2) is 0 Å². The average Bonchev–Trinajstić information content (AvgIpc) is 2.46. The zero-order valence-electron chi connectivity index (χ0n) is 12.2. The Morgan fingerprint density at radius 2 is 2.35 bits per heavy atom. The van der Waals surface area contributed by atoms with E-state index in [1.807, 2.05) is 6.07 Å². The summed E-state index contributed by atoms with van der Waals surface area (Å²) in [7, 11) is 0. The van der Waals surface area contributed by atoms with Crippen LogP contribution in [-0.2, 0) is 11.3 Å². The van der Waals surface area contributed by atoms with Crippen molar-refractivity contribution in [2.45, 2.75) is 51.8 Å². The molecule has 2 heterocycles. The Kier molecular flexibility index (Phi) is 6.07. The van der Waals surface area contributed by atoms with Crippen LogP contribution in [0.4, 0.5) is 0 Å². The molecule has 2 rings (SSSR count). The number of hydrogen-bond acceptors (Lipinski definition) is 4. The molecule has 5 heteroatoms. The van der Waals surface area contributed by atoms with Crippen molar-refractivity contribution in [2.75, 3.05) is 13.2 Å². The van der Waals surface area contributed by atoms with E-state index in [0.29, 0.717) is 23.6 Å². The molecule has 1 unspecified atom stereocenters. The zero-order valence-corrected chi connectivity index (χ0v) is 12.9. The van der Waals surface area contributed by atoms with E-state index in [9.17, 15) is 0 Å². The van der Waals surface area contributed by atoms with Gasteiger partial charge in [-0.3, -0.25) is 0 Å². The number of hydrogen-bond donors (Lipinski definition) is 1. The van der Waals surface area contributed by atoms with Crippen LogP contribution in [0.3, 0.4) is 0 Å². The first-order chi connectivity index (χ1) is 9.65. The van der Waals surface area contributed by atoms with Crippen molar-refractivity contribution in [1.82, 2.24) is 10.3 Å². The molecule has 4 nitrogen and oxygen atoms in total. The van der Waals surface area contributed by atoms with Gasteiger partial charge in [0, 0.05) is 31.5 Å². The first kappa shape index (κ1) is 15.5. The number of nitrogens with one attached hydrogen (secondary N) is 1. The molecule has 0 aromatic carbocycles. The van der Waals surface area contributed by atoms with E-state index in [1.54, 1.807) is 6.20 Å². The van der Waals surface area contributed by atoms with Crippen LogP contribution in [-0.4, -0.2) is 30.3 Å². The first-order valence-electron chi connectivity index (χ1n) is 7.27. The molecule has 0 spiro atoms. The minimum atomic E-state index is 0.193. The number of pyridine rings is 1. The van der Waals surface area contributed by atoms with Crippen molar-refractivity contribution >= 4 is 11.6 Å². The fourth-order valence-corrected chi connectivity index (χ4v) is 2.27. The van der Waals surface area contributed by atoms with Crippen LogP contribution in [0.15, 0.2) is 12.3 Å². The predicted octanol–water partition coefficient (Wildman–Crippen LogP) is 3.18. The quantitative estimate of drug-likeness (QED) is 0.876. The molecule has 0 bridgehead atoms. The predicted molar refractivity (Wildman–Crippen MR) is 80.3 cm³/mol. The van der Waals surface area contributed by atoms with Gasteiger partial charge in [0.2, 0.25) is 5.88 Å². The van der Waals surface area contributed by atoms with Crippen molar-refractivity contribution in [3.63, 3.8) is 0 Å². The van der Waals surface area contributed by atoms with Crippen LogP contribution in [0, 0.1) is 0 Å². The van der Waals surface area contributed by atoms with Gasteiger partial charge in [0.25, 0.3) is 0 Å². The fraction of sp³-hybridized carbons (Fsp3) is 0.667. The van der Waals surface area contributed by atoms with E-state index in [2.05, 4.69) is 24.1 Å². The van der Waals surface area contributed by atoms with Gasteiger partial charge in [0.1, 0.15) is 6.61 Å². The molecule has 0 radical (unpaired) electrons. The summed E-state index contributed by atoms with van der Waals surface area (Å²) in [5.74, 6) is 0.615. The number of halogens is 1. The molecule has 0 aliphatic carbocycles. The molecule has 0 amide bonds. The Balaban J connectivity index is 1.89. The minimum Gasteiger partial charge on any atom is -0.475 e. The van der Waals surface area contributed by atoms with Crippen LogP contribution in [0.5, 0.6) is 5.88 Å². The summed E-state index contributed by atoms with van der Waals surface area (Å²) in [5, 5.41) is 4.01. The topological polar surface area (TPSA) is 43.4 Å². The third-order valence-electron chi connectivity index (χ3n) is 3.30. The Labute approximate surface area is 125 Å². The lowest BCUT2D eigenvalue weighted by Gasteiger charge is -2.22. The molecule has 1 fully saturated rings. The maximum Gasteiger partial charge on any atom is 0.213 e. The highest BCUT2D eigenvalue weighted by atomic mass is 35.5. The van der Waals surface area contributed by atoms with E-state index in [-0.39, 0.29) is 6.10 Å². The number of rotatable bonds is 6. The Hall–Kier alpha value is -0.840. The lowest BCUT2D eigenvalue weighted by Crippen LogP contribution is -2.26. The fourth-order valence-electron chi connectivity index (χ4n) is 2.10. The number of ether oxygens (including phenoxy) is 2. The second-order valence-corrected chi connectivity index (χ2v) is 5.86. The maximum atomic E-state index is 6.15. The largest absolute Gasteiger partial charge is 0.475 e. The lowest BCUT2D eigenvalue weighted by atomic mass is 10.1. The molecular weight excluding hydrogens is 276 g/mol. The van der Waals surface area contributed by atoms with E-state index < -0.39 is 0 Å². The number of nitrogens with zero attached hydrogens (tertiary/aromatic N) is 1. The summed E-state index contributed by atoms with van der Waals surface area (Å²) in [5.41, 5.74) is 1.01. The second kappa shape index (κ2) is 7.81. The van der Waals surface area contributed by atoms with Gasteiger partial charge >= 0.3 is 0 Å². The Bertz CT molecular complexity index is 420. The molecule has 112 valence electrons. The minimum absolute atomic E-state index is 0.193. The summed E-state index contributed by atoms with van der Waals surface area (Å²) in [6, 6.07) is 2.32. The van der Waals surface area contributed by atoms with Gasteiger partial charge < -0.3 is 14.8 Å². The highest BCUT2D eigenvalue weighted by molar-refractivity contribution is 6.31. The zero-order chi connectivity index (χ0) is 14.4. The number of aromatic nitrogens is 1. The molecule has 1 saturated heterocycles. The van der Waals surface area contributed by atoms with Gasteiger partial charge in [-0.25, -0.2) is 4.98 Å². The summed E-state index contributed by atoms with van der Waals surface area (Å²) >= 11 is 6.15. The van der Waals surface area contributed by atoms with Gasteiger partial charge in [-0.15, -0.1) is 0 Å². The van der Waals surface area contributed by atoms with Crippen molar-refractivity contribution in [1.29, 1.82) is 0 Å². The van der Waals surface area contributed by atoms with E-state index in [0.717, 1.165) is 31.6 Å². The van der Waals surface area contributed by atoms with E-state index >= 15 is 0 Å². The molecule has 1 aromatic heterocycles. The highest BCUT2D eigenvalue weighted by Gasteiger charge is 2.15. The smallest absolute Gasteiger partial charge is 0.213 e. The monoisotopic (exact) mass is 298 g/mol. The third kappa shape index (κ3) is 4.93.